The molecule has 0 aliphatic rings. The Hall–Kier alpha value is -4.37. The predicted molar refractivity (Wildman–Crippen MR) is 205 cm³/mol. The molecule has 0 aliphatic carbocycles. The molecule has 2 aromatic heterocycles. The first kappa shape index (κ1) is 35.5. The van der Waals surface area contributed by atoms with Crippen molar-refractivity contribution < 1.29 is 26.2 Å². The molecule has 7 aromatic rings. The first-order chi connectivity index (χ1) is 23.5. The number of aromatic hydroxyl groups is 1. The van der Waals surface area contributed by atoms with Crippen LogP contribution >= 0.6 is 11.3 Å². The molecule has 7 rings (SSSR count). The Morgan fingerprint density at radius 1 is 0.680 bits per heavy atom. The van der Waals surface area contributed by atoms with Gasteiger partial charge >= 0.3 is 0 Å². The van der Waals surface area contributed by atoms with Crippen molar-refractivity contribution in [2.45, 2.75) is 58.3 Å². The van der Waals surface area contributed by atoms with Gasteiger partial charge in [-0.3, -0.25) is 4.98 Å². The van der Waals surface area contributed by atoms with Crippen molar-refractivity contribution in [2.75, 3.05) is 0 Å². The van der Waals surface area contributed by atoms with E-state index in [1.54, 1.807) is 11.3 Å². The van der Waals surface area contributed by atoms with Crippen molar-refractivity contribution in [3.8, 4) is 38.7 Å². The van der Waals surface area contributed by atoms with E-state index in [1.165, 1.54) is 11.1 Å². The average Bonchev–Trinajstić information content (AvgIpc) is 3.56. The summed E-state index contributed by atoms with van der Waals surface area (Å²) in [4.78, 5) is 9.95. The van der Waals surface area contributed by atoms with Gasteiger partial charge in [0.1, 0.15) is 10.8 Å². The number of hydrogen-bond acceptors (Lipinski definition) is 4. The maximum atomic E-state index is 12.1. The molecule has 0 spiro atoms. The first-order valence-electron chi connectivity index (χ1n) is 16.9. The Kier molecular flexibility index (Phi) is 10.00. The number of rotatable bonds is 7. The maximum absolute atomic E-state index is 12.1. The summed E-state index contributed by atoms with van der Waals surface area (Å²) < 4.78 is 1.06. The van der Waals surface area contributed by atoms with E-state index in [-0.39, 0.29) is 43.6 Å². The third-order valence-corrected chi connectivity index (χ3v) is 10.8. The van der Waals surface area contributed by atoms with Gasteiger partial charge in [-0.05, 0) is 40.3 Å². The van der Waals surface area contributed by atoms with Gasteiger partial charge in [0.15, 0.2) is 0 Å². The molecule has 2 heterocycles. The summed E-state index contributed by atoms with van der Waals surface area (Å²) in [5.74, 6) is 0.263. The third-order valence-electron chi connectivity index (χ3n) is 9.74. The number of pyridine rings is 1. The van der Waals surface area contributed by atoms with Crippen LogP contribution in [0.15, 0.2) is 128 Å². The van der Waals surface area contributed by atoms with Crippen molar-refractivity contribution in [1.82, 2.24) is 9.97 Å². The summed E-state index contributed by atoms with van der Waals surface area (Å²) >= 11 is 1.62. The van der Waals surface area contributed by atoms with Gasteiger partial charge in [-0.25, -0.2) is 4.98 Å². The second-order valence-electron chi connectivity index (χ2n) is 14.4. The van der Waals surface area contributed by atoms with Crippen molar-refractivity contribution in [2.24, 2.45) is 0 Å². The Morgan fingerprint density at radius 3 is 2.04 bits per heavy atom. The molecule has 5 aromatic carbocycles. The molecule has 0 amide bonds. The van der Waals surface area contributed by atoms with E-state index < -0.39 is 0 Å². The van der Waals surface area contributed by atoms with Crippen LogP contribution in [0, 0.1) is 6.07 Å². The molecule has 0 aliphatic heterocycles. The molecule has 0 bridgehead atoms. The molecule has 3 nitrogen and oxygen atoms in total. The smallest absolute Gasteiger partial charge is 0.129 e. The van der Waals surface area contributed by atoms with E-state index in [2.05, 4.69) is 150 Å². The van der Waals surface area contributed by atoms with E-state index in [1.807, 2.05) is 30.5 Å². The van der Waals surface area contributed by atoms with Gasteiger partial charge in [-0.1, -0.05) is 144 Å². The zero-order valence-electron chi connectivity index (χ0n) is 29.3. The molecule has 5 heteroatoms. The Balaban J connectivity index is 0.00000432. The van der Waals surface area contributed by atoms with Crippen LogP contribution in [-0.4, -0.2) is 15.1 Å². The molecular weight excluding hydrogens is 812 g/mol. The number of nitrogens with zero attached hydrogens (tertiary/aromatic N) is 2. The monoisotopic (exact) mass is 852 g/mol. The van der Waals surface area contributed by atoms with E-state index in [9.17, 15) is 5.11 Å². The number of fused-ring (bicyclic) bond motifs is 1. The van der Waals surface area contributed by atoms with Crippen LogP contribution in [0.2, 0.25) is 0 Å². The summed E-state index contributed by atoms with van der Waals surface area (Å²) in [7, 11) is 0. The summed E-state index contributed by atoms with van der Waals surface area (Å²) in [6.07, 6.45) is 1.83. The van der Waals surface area contributed by atoms with Gasteiger partial charge < -0.3 is 5.11 Å². The van der Waals surface area contributed by atoms with Crippen LogP contribution in [0.1, 0.15) is 75.3 Å². The van der Waals surface area contributed by atoms with Gasteiger partial charge in [0.2, 0.25) is 0 Å². The minimum atomic E-state index is -0.305. The number of thiazole rings is 1. The van der Waals surface area contributed by atoms with Gasteiger partial charge in [0.25, 0.3) is 0 Å². The zero-order valence-corrected chi connectivity index (χ0v) is 32.4. The maximum Gasteiger partial charge on any atom is 0.129 e. The van der Waals surface area contributed by atoms with Crippen molar-refractivity contribution in [1.29, 1.82) is 0 Å². The fraction of sp³-hybridized carbons (Fsp3) is 0.200. The number of phenols is 1. The van der Waals surface area contributed by atoms with E-state index in [4.69, 9.17) is 4.98 Å². The fourth-order valence-electron chi connectivity index (χ4n) is 6.54. The Bertz CT molecular complexity index is 2260. The number of hydrogen-bond donors (Lipinski definition) is 1. The number of benzene rings is 5. The average molecular weight is 853 g/mol. The van der Waals surface area contributed by atoms with Crippen LogP contribution in [0.5, 0.6) is 5.75 Å². The van der Waals surface area contributed by atoms with Crippen LogP contribution in [0.4, 0.5) is 0 Å². The molecule has 1 N–H and O–H groups in total. The van der Waals surface area contributed by atoms with Crippen molar-refractivity contribution in [3.63, 3.8) is 0 Å². The molecular formula is C45H41N2OPtS-. The third kappa shape index (κ3) is 6.84. The van der Waals surface area contributed by atoms with Crippen molar-refractivity contribution >= 4 is 21.6 Å². The van der Waals surface area contributed by atoms with Crippen molar-refractivity contribution in [3.05, 3.63) is 161 Å². The molecule has 0 saturated heterocycles. The van der Waals surface area contributed by atoms with Gasteiger partial charge in [0.05, 0.1) is 11.1 Å². The zero-order chi connectivity index (χ0) is 34.3. The second-order valence-corrected chi connectivity index (χ2v) is 15.4. The summed E-state index contributed by atoms with van der Waals surface area (Å²) in [6, 6.07) is 45.8. The van der Waals surface area contributed by atoms with E-state index >= 15 is 0 Å². The molecule has 0 radical (unpaired) electrons. The molecule has 0 saturated carbocycles. The van der Waals surface area contributed by atoms with Crippen LogP contribution in [0.3, 0.4) is 0 Å². The summed E-state index contributed by atoms with van der Waals surface area (Å²) in [5.41, 5.74) is 10.8. The molecule has 0 fully saturated rings. The molecule has 1 unspecified atom stereocenters. The fourth-order valence-corrected chi connectivity index (χ4v) is 7.55. The quantitative estimate of drug-likeness (QED) is 0.163. The van der Waals surface area contributed by atoms with Crippen LogP contribution in [-0.2, 0) is 31.9 Å². The first-order valence-corrected chi connectivity index (χ1v) is 17.7. The molecule has 1 atom stereocenters. The standard InChI is InChI=1S/C45H41N2OS.Pt/c1-29(30-16-9-7-10-17-30)37-27-35(45(5,6)33-18-11-8-12-19-33)28-38(42(37)48)43-47-41-36(20-15-22-40(41)49-43)31-24-32(39-21-13-14-23-46-39)26-34(25-31)44(2,3)4;/h7-23,25-29,48H,1-6H3;/q-1;. The predicted octanol–water partition coefficient (Wildman–Crippen LogP) is 12.0. The van der Waals surface area contributed by atoms with E-state index in [0.29, 0.717) is 0 Å². The van der Waals surface area contributed by atoms with Gasteiger partial charge in [-0.15, -0.1) is 40.7 Å². The summed E-state index contributed by atoms with van der Waals surface area (Å²) in [5, 5.41) is 12.9. The minimum absolute atomic E-state index is 0. The van der Waals surface area contributed by atoms with Crippen LogP contribution < -0.4 is 0 Å². The Morgan fingerprint density at radius 2 is 1.36 bits per heavy atom. The SMILES string of the molecule is CC(c1ccccc1)c1cc(C(C)(C)c2ccccc2)cc(-c2nc3c(-c4[c-]c(-c5ccccn5)cc(C(C)(C)C)c4)cccc3s2)c1O.[Pt]. The molecule has 50 heavy (non-hydrogen) atoms. The van der Waals surface area contributed by atoms with Crippen LogP contribution in [0.25, 0.3) is 43.2 Å². The number of phenolic OH excluding ortho intramolecular Hbond substituents is 1. The normalized spacial score (nSPS) is 12.4. The minimum Gasteiger partial charge on any atom is -0.507 e. The summed E-state index contributed by atoms with van der Waals surface area (Å²) in [6.45, 7) is 13.4. The van der Waals surface area contributed by atoms with Gasteiger partial charge in [0, 0.05) is 54.6 Å². The van der Waals surface area contributed by atoms with E-state index in [0.717, 1.165) is 59.9 Å². The Labute approximate surface area is 314 Å². The molecule has 254 valence electrons. The number of aromatic nitrogens is 2. The topological polar surface area (TPSA) is 46.0 Å². The largest absolute Gasteiger partial charge is 0.507 e. The second kappa shape index (κ2) is 14.1. The van der Waals surface area contributed by atoms with Gasteiger partial charge in [-0.2, -0.15) is 0 Å². The number of para-hydroxylation sites is 1.